The number of para-hydroxylation sites is 4. The molecule has 0 fully saturated rings. The third-order valence-electron chi connectivity index (χ3n) is 12.7. The van der Waals surface area contributed by atoms with Crippen LogP contribution in [0.5, 0.6) is 0 Å². The van der Waals surface area contributed by atoms with Gasteiger partial charge < -0.3 is 27.8 Å². The number of benzene rings is 8. The van der Waals surface area contributed by atoms with Crippen LogP contribution in [0.15, 0.2) is 197 Å². The van der Waals surface area contributed by atoms with E-state index >= 15 is 0 Å². The van der Waals surface area contributed by atoms with Gasteiger partial charge in [-0.3, -0.25) is 0 Å². The SMILES string of the molecule is Cn1c2ccccc2c2c(N(c3ccccc3)c3ccc4c(c3)oc3cc5oc6cc(N(c7ccccc7)c7cccc8c7c7ccccc7n8C)ccc6c5nc34)cccc21. The Morgan fingerprint density at radius 3 is 1.24 bits per heavy atom. The summed E-state index contributed by atoms with van der Waals surface area (Å²) in [6.45, 7) is 0. The van der Waals surface area contributed by atoms with E-state index in [1.807, 2.05) is 6.07 Å². The van der Waals surface area contributed by atoms with Crippen LogP contribution in [0.2, 0.25) is 0 Å². The number of hydrogen-bond donors (Lipinski definition) is 0. The summed E-state index contributed by atoms with van der Waals surface area (Å²) < 4.78 is 17.9. The van der Waals surface area contributed by atoms with Gasteiger partial charge in [0.05, 0.1) is 22.4 Å². The molecule has 0 spiro atoms. The van der Waals surface area contributed by atoms with E-state index < -0.39 is 0 Å². The van der Waals surface area contributed by atoms with Crippen LogP contribution in [0.1, 0.15) is 0 Å². The minimum Gasteiger partial charge on any atom is -0.454 e. The molecule has 62 heavy (non-hydrogen) atoms. The van der Waals surface area contributed by atoms with Crippen molar-refractivity contribution in [2.45, 2.75) is 0 Å². The van der Waals surface area contributed by atoms with Crippen molar-refractivity contribution in [1.29, 1.82) is 0 Å². The molecule has 7 heteroatoms. The van der Waals surface area contributed by atoms with Gasteiger partial charge in [0.1, 0.15) is 22.2 Å². The summed E-state index contributed by atoms with van der Waals surface area (Å²) in [5, 5.41) is 6.74. The molecule has 0 aliphatic rings. The van der Waals surface area contributed by atoms with E-state index in [-0.39, 0.29) is 0 Å². The van der Waals surface area contributed by atoms with Crippen LogP contribution in [0.25, 0.3) is 87.7 Å². The number of pyridine rings is 1. The highest BCUT2D eigenvalue weighted by molar-refractivity contribution is 6.18. The van der Waals surface area contributed by atoms with E-state index in [9.17, 15) is 0 Å². The van der Waals surface area contributed by atoms with Crippen molar-refractivity contribution < 1.29 is 8.83 Å². The summed E-state index contributed by atoms with van der Waals surface area (Å²) in [5.41, 5.74) is 15.5. The van der Waals surface area contributed by atoms with Crippen molar-refractivity contribution >= 4 is 122 Å². The summed E-state index contributed by atoms with van der Waals surface area (Å²) >= 11 is 0. The lowest BCUT2D eigenvalue weighted by atomic mass is 10.1. The van der Waals surface area contributed by atoms with Crippen molar-refractivity contribution in [2.24, 2.45) is 14.1 Å². The Bertz CT molecular complexity index is 3660. The molecule has 0 aliphatic carbocycles. The van der Waals surface area contributed by atoms with Crippen LogP contribution >= 0.6 is 0 Å². The molecule has 13 rings (SSSR count). The molecule has 0 saturated carbocycles. The zero-order valence-corrected chi connectivity index (χ0v) is 34.0. The van der Waals surface area contributed by atoms with Crippen LogP contribution in [0.4, 0.5) is 34.1 Å². The molecule has 0 radical (unpaired) electrons. The largest absolute Gasteiger partial charge is 0.454 e. The quantitative estimate of drug-likeness (QED) is 0.168. The molecule has 0 aliphatic heterocycles. The molecule has 0 N–H and O–H groups in total. The number of nitrogens with zero attached hydrogens (tertiary/aromatic N) is 5. The van der Waals surface area contributed by atoms with Gasteiger partial charge in [-0.05, 0) is 84.9 Å². The lowest BCUT2D eigenvalue weighted by Crippen LogP contribution is -2.10. The van der Waals surface area contributed by atoms with Gasteiger partial charge in [0.25, 0.3) is 0 Å². The lowest BCUT2D eigenvalue weighted by Gasteiger charge is -2.26. The number of hydrogen-bond acceptors (Lipinski definition) is 5. The molecule has 8 aromatic carbocycles. The van der Waals surface area contributed by atoms with Crippen LogP contribution in [-0.4, -0.2) is 14.1 Å². The van der Waals surface area contributed by atoms with Crippen LogP contribution in [0, 0.1) is 0 Å². The average Bonchev–Trinajstić information content (AvgIpc) is 4.04. The van der Waals surface area contributed by atoms with Gasteiger partial charge >= 0.3 is 0 Å². The maximum atomic E-state index is 6.67. The molecule has 294 valence electrons. The predicted octanol–water partition coefficient (Wildman–Crippen LogP) is 15.1. The normalized spacial score (nSPS) is 12.0. The second-order valence-corrected chi connectivity index (χ2v) is 16.1. The van der Waals surface area contributed by atoms with Crippen molar-refractivity contribution in [2.75, 3.05) is 9.80 Å². The van der Waals surface area contributed by atoms with Gasteiger partial charge in [0.15, 0.2) is 11.2 Å². The second-order valence-electron chi connectivity index (χ2n) is 16.1. The summed E-state index contributed by atoms with van der Waals surface area (Å²) in [5.74, 6) is 0. The van der Waals surface area contributed by atoms with Crippen molar-refractivity contribution in [3.05, 3.63) is 188 Å². The third-order valence-corrected chi connectivity index (χ3v) is 12.7. The molecule has 0 amide bonds. The standard InChI is InChI=1S/C55H37N5O2/c1-57-42-21-11-9-19-38(42)52-44(57)23-13-25-46(52)59(34-15-5-3-6-16-34)36-27-29-40-48(31-36)61-50-33-51-55(56-54(40)50)41-30-28-37(32-49(41)62-51)60(35-17-7-4-8-18-35)47-26-14-24-45-53(47)39-20-10-12-22-43(39)58(45)2/h3-33H,1-2H3. The minimum absolute atomic E-state index is 0.680. The molecule has 5 aromatic heterocycles. The van der Waals surface area contributed by atoms with Crippen molar-refractivity contribution in [3.8, 4) is 0 Å². The highest BCUT2D eigenvalue weighted by Gasteiger charge is 2.24. The van der Waals surface area contributed by atoms with Crippen LogP contribution < -0.4 is 9.80 Å². The molecule has 7 nitrogen and oxygen atoms in total. The van der Waals surface area contributed by atoms with Crippen molar-refractivity contribution in [1.82, 2.24) is 14.1 Å². The number of anilines is 6. The smallest absolute Gasteiger partial charge is 0.157 e. The van der Waals surface area contributed by atoms with Gasteiger partial charge in [0, 0.05) is 98.4 Å². The molecule has 0 saturated heterocycles. The first kappa shape index (κ1) is 34.6. The molecule has 13 aromatic rings. The number of fused-ring (bicyclic) bond motifs is 12. The third kappa shape index (κ3) is 4.96. The summed E-state index contributed by atoms with van der Waals surface area (Å²) in [6, 6.07) is 66.3. The first-order valence-corrected chi connectivity index (χ1v) is 20.9. The van der Waals surface area contributed by atoms with Crippen LogP contribution in [0.3, 0.4) is 0 Å². The Kier molecular flexibility index (Phi) is 7.30. The van der Waals surface area contributed by atoms with E-state index in [4.69, 9.17) is 13.8 Å². The first-order valence-electron chi connectivity index (χ1n) is 20.9. The topological polar surface area (TPSA) is 55.5 Å². The minimum atomic E-state index is 0.680. The first-order chi connectivity index (χ1) is 30.6. The number of aryl methyl sites for hydroxylation is 2. The monoisotopic (exact) mass is 799 g/mol. The molecule has 0 bridgehead atoms. The summed E-state index contributed by atoms with van der Waals surface area (Å²) in [7, 11) is 4.28. The van der Waals surface area contributed by atoms with Gasteiger partial charge in [-0.15, -0.1) is 0 Å². The summed E-state index contributed by atoms with van der Waals surface area (Å²) in [6.07, 6.45) is 0. The zero-order chi connectivity index (χ0) is 41.1. The summed E-state index contributed by atoms with van der Waals surface area (Å²) in [4.78, 5) is 9.92. The maximum Gasteiger partial charge on any atom is 0.157 e. The molecular formula is C55H37N5O2. The Morgan fingerprint density at radius 1 is 0.355 bits per heavy atom. The fourth-order valence-electron chi connectivity index (χ4n) is 9.88. The highest BCUT2D eigenvalue weighted by atomic mass is 16.3. The van der Waals surface area contributed by atoms with Gasteiger partial charge in [-0.2, -0.15) is 0 Å². The van der Waals surface area contributed by atoms with Gasteiger partial charge in [-0.1, -0.05) is 84.9 Å². The molecule has 0 unspecified atom stereocenters. The average molecular weight is 800 g/mol. The van der Waals surface area contributed by atoms with Crippen LogP contribution in [-0.2, 0) is 14.1 Å². The molecular weight excluding hydrogens is 763 g/mol. The second kappa shape index (κ2) is 13.1. The van der Waals surface area contributed by atoms with E-state index in [0.29, 0.717) is 11.2 Å². The van der Waals surface area contributed by atoms with E-state index in [2.05, 4.69) is 215 Å². The van der Waals surface area contributed by atoms with Crippen molar-refractivity contribution in [3.63, 3.8) is 0 Å². The van der Waals surface area contributed by atoms with Gasteiger partial charge in [0.2, 0.25) is 0 Å². The highest BCUT2D eigenvalue weighted by Crippen LogP contribution is 2.46. The fraction of sp³-hybridized carbons (Fsp3) is 0.0364. The Morgan fingerprint density at radius 2 is 0.774 bits per heavy atom. The Balaban J connectivity index is 0.950. The molecule has 5 heterocycles. The number of rotatable bonds is 6. The number of furan rings is 2. The Hall–Kier alpha value is -8.29. The van der Waals surface area contributed by atoms with E-state index in [1.165, 1.54) is 43.6 Å². The number of aromatic nitrogens is 3. The van der Waals surface area contributed by atoms with E-state index in [1.54, 1.807) is 0 Å². The van der Waals surface area contributed by atoms with E-state index in [0.717, 1.165) is 67.1 Å². The fourth-order valence-corrected chi connectivity index (χ4v) is 9.88. The zero-order valence-electron chi connectivity index (χ0n) is 34.0. The maximum absolute atomic E-state index is 6.67. The predicted molar refractivity (Wildman–Crippen MR) is 256 cm³/mol. The molecule has 0 atom stereocenters. The Labute approximate surface area is 355 Å². The lowest BCUT2D eigenvalue weighted by molar-refractivity contribution is 0.655. The van der Waals surface area contributed by atoms with Gasteiger partial charge in [-0.25, -0.2) is 4.98 Å².